The Balaban J connectivity index is 1.73. The van der Waals surface area contributed by atoms with Crippen molar-refractivity contribution in [1.82, 2.24) is 14.3 Å². The molecule has 8 nitrogen and oxygen atoms in total. The van der Waals surface area contributed by atoms with Crippen LogP contribution in [0.25, 0.3) is 11.7 Å². The fourth-order valence-electron chi connectivity index (χ4n) is 3.66. The number of fused-ring (bicyclic) bond motifs is 1. The maximum absolute atomic E-state index is 13.2. The predicted octanol–water partition coefficient (Wildman–Crippen LogP) is 2.29. The molecule has 2 aromatic heterocycles. The van der Waals surface area contributed by atoms with E-state index in [4.69, 9.17) is 12.2 Å². The van der Waals surface area contributed by atoms with Crippen molar-refractivity contribution in [1.29, 1.82) is 0 Å². The lowest BCUT2D eigenvalue weighted by atomic mass is 10.2. The third-order valence-electron chi connectivity index (χ3n) is 5.26. The topological polar surface area (TPSA) is 101 Å². The van der Waals surface area contributed by atoms with E-state index in [1.54, 1.807) is 24.4 Å². The van der Waals surface area contributed by atoms with Gasteiger partial charge in [-0.05, 0) is 31.1 Å². The van der Waals surface area contributed by atoms with Gasteiger partial charge in [-0.15, -0.1) is 0 Å². The molecule has 0 radical (unpaired) electrons. The van der Waals surface area contributed by atoms with Crippen LogP contribution in [0.2, 0.25) is 0 Å². The van der Waals surface area contributed by atoms with Crippen LogP contribution in [0.4, 0.5) is 5.82 Å². The molecule has 1 amide bonds. The fourth-order valence-corrected chi connectivity index (χ4v) is 6.74. The highest BCUT2D eigenvalue weighted by Gasteiger charge is 2.42. The summed E-state index contributed by atoms with van der Waals surface area (Å²) in [4.78, 5) is 32.5. The molecule has 2 saturated heterocycles. The number of thiocarbonyl (C=S) groups is 1. The van der Waals surface area contributed by atoms with Gasteiger partial charge in [-0.2, -0.15) is 0 Å². The van der Waals surface area contributed by atoms with Crippen molar-refractivity contribution >= 4 is 61.6 Å². The van der Waals surface area contributed by atoms with E-state index >= 15 is 0 Å². The van der Waals surface area contributed by atoms with Gasteiger partial charge in [0.25, 0.3) is 11.5 Å². The average Bonchev–Trinajstić information content (AvgIpc) is 3.22. The fraction of sp³-hybridized carbons (Fsp3) is 0.400. The number of amides is 1. The van der Waals surface area contributed by atoms with Crippen LogP contribution in [0.3, 0.4) is 0 Å². The van der Waals surface area contributed by atoms with E-state index in [1.165, 1.54) is 15.4 Å². The van der Waals surface area contributed by atoms with Gasteiger partial charge in [0.05, 0.1) is 28.0 Å². The molecular formula is C20H22N4O4S3. The summed E-state index contributed by atoms with van der Waals surface area (Å²) in [6, 6.07) is 4.83. The molecule has 0 aromatic carbocycles. The quantitative estimate of drug-likeness (QED) is 0.383. The SMILES string of the molecule is CCCCNc1nc2ccccn2c(=O)c1/C=C1/SC(=S)N(C2CCS(=O)(=O)C2)C1=O. The number of pyridine rings is 1. The maximum Gasteiger partial charge on any atom is 0.267 e. The Morgan fingerprint density at radius 1 is 1.35 bits per heavy atom. The molecule has 0 bridgehead atoms. The van der Waals surface area contributed by atoms with E-state index in [2.05, 4.69) is 17.2 Å². The molecule has 4 rings (SSSR count). The second kappa shape index (κ2) is 8.71. The number of carbonyl (C=O) groups excluding carboxylic acids is 1. The second-order valence-corrected chi connectivity index (χ2v) is 11.4. The molecule has 0 saturated carbocycles. The van der Waals surface area contributed by atoms with Crippen LogP contribution in [0.1, 0.15) is 31.7 Å². The number of aromatic nitrogens is 2. The van der Waals surface area contributed by atoms with Gasteiger partial charge in [-0.1, -0.05) is 43.4 Å². The molecule has 1 atom stereocenters. The van der Waals surface area contributed by atoms with Gasteiger partial charge in [0.1, 0.15) is 15.8 Å². The summed E-state index contributed by atoms with van der Waals surface area (Å²) in [6.45, 7) is 2.72. The zero-order chi connectivity index (χ0) is 22.2. The summed E-state index contributed by atoms with van der Waals surface area (Å²) in [5.74, 6) is 0.0129. The van der Waals surface area contributed by atoms with Gasteiger partial charge in [0, 0.05) is 12.7 Å². The highest BCUT2D eigenvalue weighted by molar-refractivity contribution is 8.26. The van der Waals surface area contributed by atoms with Crippen LogP contribution in [-0.2, 0) is 14.6 Å². The van der Waals surface area contributed by atoms with Gasteiger partial charge < -0.3 is 5.32 Å². The summed E-state index contributed by atoms with van der Waals surface area (Å²) in [6.07, 6.45) is 5.41. The third kappa shape index (κ3) is 4.39. The number of hydrogen-bond acceptors (Lipinski definition) is 8. The molecule has 2 aliphatic heterocycles. The van der Waals surface area contributed by atoms with Crippen LogP contribution in [0, 0.1) is 0 Å². The van der Waals surface area contributed by atoms with Crippen molar-refractivity contribution in [3.63, 3.8) is 0 Å². The normalized spacial score (nSPS) is 22.0. The van der Waals surface area contributed by atoms with Crippen LogP contribution in [0.15, 0.2) is 34.1 Å². The smallest absolute Gasteiger partial charge is 0.267 e. The molecule has 164 valence electrons. The van der Waals surface area contributed by atoms with E-state index in [0.717, 1.165) is 24.6 Å². The summed E-state index contributed by atoms with van der Waals surface area (Å²) >= 11 is 6.45. The van der Waals surface area contributed by atoms with Crippen molar-refractivity contribution in [3.8, 4) is 0 Å². The van der Waals surface area contributed by atoms with Gasteiger partial charge in [-0.3, -0.25) is 18.9 Å². The average molecular weight is 479 g/mol. The van der Waals surface area contributed by atoms with Crippen molar-refractivity contribution in [2.24, 2.45) is 0 Å². The van der Waals surface area contributed by atoms with E-state index in [-0.39, 0.29) is 28.5 Å². The summed E-state index contributed by atoms with van der Waals surface area (Å²) in [7, 11) is -3.16. The Kier molecular flexibility index (Phi) is 6.18. The van der Waals surface area contributed by atoms with Gasteiger partial charge in [0.2, 0.25) is 0 Å². The van der Waals surface area contributed by atoms with E-state index in [1.807, 2.05) is 0 Å². The van der Waals surface area contributed by atoms with Crippen LogP contribution in [0.5, 0.6) is 0 Å². The summed E-state index contributed by atoms with van der Waals surface area (Å²) < 4.78 is 25.5. The molecule has 1 unspecified atom stereocenters. The number of thioether (sulfide) groups is 1. The monoisotopic (exact) mass is 478 g/mol. The largest absolute Gasteiger partial charge is 0.369 e. The standard InChI is InChI=1S/C20H22N4O4S3/c1-2-3-8-21-17-14(18(25)23-9-5-4-6-16(23)22-17)11-15-19(26)24(20(29)30-15)13-7-10-31(27,28)12-13/h4-6,9,11,13,21H,2-3,7-8,10,12H2,1H3/b15-11+. The van der Waals surface area contributed by atoms with Crippen molar-refractivity contribution in [2.45, 2.75) is 32.2 Å². The molecule has 2 aliphatic rings. The number of carbonyl (C=O) groups is 1. The van der Waals surface area contributed by atoms with Crippen LogP contribution in [-0.4, -0.2) is 57.0 Å². The Labute approximate surface area is 189 Å². The first-order valence-electron chi connectivity index (χ1n) is 10.0. The number of nitrogens with zero attached hydrogens (tertiary/aromatic N) is 3. The zero-order valence-corrected chi connectivity index (χ0v) is 19.4. The number of sulfone groups is 1. The van der Waals surface area contributed by atoms with Gasteiger partial charge in [0.15, 0.2) is 9.84 Å². The van der Waals surface area contributed by atoms with Crippen molar-refractivity contribution < 1.29 is 13.2 Å². The van der Waals surface area contributed by atoms with E-state index in [9.17, 15) is 18.0 Å². The molecule has 4 heterocycles. The lowest BCUT2D eigenvalue weighted by Crippen LogP contribution is -2.39. The number of hydrogen-bond donors (Lipinski definition) is 1. The molecule has 31 heavy (non-hydrogen) atoms. The molecule has 2 aromatic rings. The van der Waals surface area contributed by atoms with Crippen molar-refractivity contribution in [3.05, 3.63) is 45.2 Å². The van der Waals surface area contributed by atoms with Crippen LogP contribution < -0.4 is 10.9 Å². The zero-order valence-electron chi connectivity index (χ0n) is 16.9. The predicted molar refractivity (Wildman–Crippen MR) is 127 cm³/mol. The molecule has 0 spiro atoms. The summed E-state index contributed by atoms with van der Waals surface area (Å²) in [5.41, 5.74) is 0.491. The first-order valence-corrected chi connectivity index (χ1v) is 13.1. The Morgan fingerprint density at radius 3 is 2.87 bits per heavy atom. The molecule has 2 fully saturated rings. The molecule has 11 heteroatoms. The third-order valence-corrected chi connectivity index (χ3v) is 8.35. The van der Waals surface area contributed by atoms with E-state index in [0.29, 0.717) is 33.7 Å². The van der Waals surface area contributed by atoms with E-state index < -0.39 is 15.9 Å². The first-order chi connectivity index (χ1) is 14.8. The Morgan fingerprint density at radius 2 is 2.16 bits per heavy atom. The minimum atomic E-state index is -3.16. The second-order valence-electron chi connectivity index (χ2n) is 7.50. The first kappa shape index (κ1) is 22.0. The Bertz CT molecular complexity index is 1250. The van der Waals surface area contributed by atoms with Crippen LogP contribution >= 0.6 is 24.0 Å². The van der Waals surface area contributed by atoms with Gasteiger partial charge in [-0.25, -0.2) is 13.4 Å². The Hall–Kier alpha value is -2.24. The maximum atomic E-state index is 13.2. The minimum absolute atomic E-state index is 0.0508. The number of unbranched alkanes of at least 4 members (excludes halogenated alkanes) is 1. The lowest BCUT2D eigenvalue weighted by Gasteiger charge is -2.20. The van der Waals surface area contributed by atoms with Crippen molar-refractivity contribution in [2.75, 3.05) is 23.4 Å². The highest BCUT2D eigenvalue weighted by Crippen LogP contribution is 2.36. The van der Waals surface area contributed by atoms with Gasteiger partial charge >= 0.3 is 0 Å². The summed E-state index contributed by atoms with van der Waals surface area (Å²) in [5, 5.41) is 3.21. The highest BCUT2D eigenvalue weighted by atomic mass is 32.2. The molecular weight excluding hydrogens is 456 g/mol. The number of rotatable bonds is 6. The molecule has 0 aliphatic carbocycles. The number of anilines is 1. The minimum Gasteiger partial charge on any atom is -0.369 e. The molecule has 1 N–H and O–H groups in total. The lowest BCUT2D eigenvalue weighted by molar-refractivity contribution is -0.123. The number of nitrogens with one attached hydrogen (secondary N) is 1.